The number of alkyl halides is 3. The normalized spacial score (nSPS) is 11.4. The highest BCUT2D eigenvalue weighted by molar-refractivity contribution is 9.10. The number of rotatable bonds is 5. The molecule has 0 spiro atoms. The van der Waals surface area contributed by atoms with Gasteiger partial charge in [0.05, 0.1) is 6.61 Å². The van der Waals surface area contributed by atoms with Gasteiger partial charge in [-0.3, -0.25) is 0 Å². The highest BCUT2D eigenvalue weighted by Crippen LogP contribution is 2.28. The Morgan fingerprint density at radius 3 is 2.71 bits per heavy atom. The van der Waals surface area contributed by atoms with Gasteiger partial charge < -0.3 is 10.1 Å². The Labute approximate surface area is 105 Å². The van der Waals surface area contributed by atoms with E-state index in [0.29, 0.717) is 10.3 Å². The molecular weight excluding hydrogens is 303 g/mol. The van der Waals surface area contributed by atoms with Crippen molar-refractivity contribution in [2.75, 3.05) is 19.0 Å². The van der Waals surface area contributed by atoms with Crippen LogP contribution in [0.1, 0.15) is 12.8 Å². The summed E-state index contributed by atoms with van der Waals surface area (Å²) in [6.45, 7) is -0.0434. The smallest absolute Gasteiger partial charge is 0.389 e. The second-order valence-electron chi connectivity index (χ2n) is 3.16. The summed E-state index contributed by atoms with van der Waals surface area (Å²) in [5.74, 6) is 0.748. The maximum Gasteiger partial charge on any atom is 0.389 e. The van der Waals surface area contributed by atoms with Gasteiger partial charge in [0.25, 0.3) is 0 Å². The van der Waals surface area contributed by atoms with Crippen molar-refractivity contribution in [2.45, 2.75) is 19.0 Å². The van der Waals surface area contributed by atoms with Crippen molar-refractivity contribution in [2.24, 2.45) is 0 Å². The average molecular weight is 314 g/mol. The standard InChI is InChI=1S/C9H11BrF3N3O/c1-14-7-6(10)8(16-5-15-7)17-4-2-3-9(11,12)13/h5H,2-4H2,1H3,(H,14,15,16). The van der Waals surface area contributed by atoms with E-state index < -0.39 is 12.6 Å². The first-order valence-electron chi connectivity index (χ1n) is 4.82. The Balaban J connectivity index is 2.47. The topological polar surface area (TPSA) is 47.0 Å². The van der Waals surface area contributed by atoms with Crippen LogP contribution in [0.5, 0.6) is 5.88 Å². The molecular formula is C9H11BrF3N3O. The molecule has 8 heteroatoms. The molecule has 0 aliphatic rings. The first-order chi connectivity index (χ1) is 7.94. The molecule has 1 rings (SSSR count). The van der Waals surface area contributed by atoms with Crippen LogP contribution < -0.4 is 10.1 Å². The van der Waals surface area contributed by atoms with Crippen LogP contribution in [-0.2, 0) is 0 Å². The molecule has 17 heavy (non-hydrogen) atoms. The second-order valence-corrected chi connectivity index (χ2v) is 3.95. The van der Waals surface area contributed by atoms with Crippen LogP contribution >= 0.6 is 15.9 Å². The largest absolute Gasteiger partial charge is 0.477 e. The van der Waals surface area contributed by atoms with Crippen molar-refractivity contribution in [1.82, 2.24) is 9.97 Å². The van der Waals surface area contributed by atoms with E-state index >= 15 is 0 Å². The maximum absolute atomic E-state index is 11.9. The van der Waals surface area contributed by atoms with E-state index in [2.05, 4.69) is 31.2 Å². The number of halogens is 4. The molecule has 96 valence electrons. The van der Waals surface area contributed by atoms with Crippen molar-refractivity contribution in [3.05, 3.63) is 10.8 Å². The summed E-state index contributed by atoms with van der Waals surface area (Å²) in [5.41, 5.74) is 0. The molecule has 1 heterocycles. The van der Waals surface area contributed by atoms with E-state index in [-0.39, 0.29) is 18.9 Å². The van der Waals surface area contributed by atoms with Gasteiger partial charge >= 0.3 is 6.18 Å². The van der Waals surface area contributed by atoms with Crippen LogP contribution in [0.25, 0.3) is 0 Å². The molecule has 0 aliphatic carbocycles. The number of hydrogen-bond donors (Lipinski definition) is 1. The van der Waals surface area contributed by atoms with Crippen molar-refractivity contribution in [3.8, 4) is 5.88 Å². The molecule has 0 atom stereocenters. The van der Waals surface area contributed by atoms with Crippen LogP contribution in [0, 0.1) is 0 Å². The third-order valence-corrected chi connectivity index (χ3v) is 2.55. The molecule has 1 aromatic heterocycles. The predicted octanol–water partition coefficient (Wildman–Crippen LogP) is 3.00. The highest BCUT2D eigenvalue weighted by atomic mass is 79.9. The predicted molar refractivity (Wildman–Crippen MR) is 60.1 cm³/mol. The Morgan fingerprint density at radius 1 is 1.41 bits per heavy atom. The molecule has 0 saturated heterocycles. The summed E-state index contributed by atoms with van der Waals surface area (Å²) in [6, 6.07) is 0. The Kier molecular flexibility index (Phi) is 4.98. The summed E-state index contributed by atoms with van der Waals surface area (Å²) < 4.78 is 41.3. The fraction of sp³-hybridized carbons (Fsp3) is 0.556. The summed E-state index contributed by atoms with van der Waals surface area (Å²) in [4.78, 5) is 7.72. The van der Waals surface area contributed by atoms with Crippen LogP contribution in [0.3, 0.4) is 0 Å². The van der Waals surface area contributed by atoms with Gasteiger partial charge in [-0.25, -0.2) is 9.97 Å². The minimum atomic E-state index is -4.15. The molecule has 0 aliphatic heterocycles. The monoisotopic (exact) mass is 313 g/mol. The number of aromatic nitrogens is 2. The van der Waals surface area contributed by atoms with Gasteiger partial charge in [0.15, 0.2) is 0 Å². The van der Waals surface area contributed by atoms with E-state index in [1.807, 2.05) is 0 Å². The van der Waals surface area contributed by atoms with E-state index in [4.69, 9.17) is 4.74 Å². The minimum Gasteiger partial charge on any atom is -0.477 e. The number of ether oxygens (including phenoxy) is 1. The van der Waals surface area contributed by atoms with Gasteiger partial charge in [-0.1, -0.05) is 0 Å². The number of nitrogens with one attached hydrogen (secondary N) is 1. The molecule has 0 bridgehead atoms. The lowest BCUT2D eigenvalue weighted by Gasteiger charge is -2.10. The van der Waals surface area contributed by atoms with Crippen molar-refractivity contribution in [1.29, 1.82) is 0 Å². The molecule has 0 unspecified atom stereocenters. The van der Waals surface area contributed by atoms with E-state index in [9.17, 15) is 13.2 Å². The zero-order chi connectivity index (χ0) is 12.9. The van der Waals surface area contributed by atoms with Gasteiger partial charge in [0.1, 0.15) is 16.6 Å². The Morgan fingerprint density at radius 2 is 2.12 bits per heavy atom. The Hall–Kier alpha value is -1.05. The lowest BCUT2D eigenvalue weighted by Crippen LogP contribution is -2.10. The van der Waals surface area contributed by atoms with Crippen molar-refractivity contribution in [3.63, 3.8) is 0 Å². The SMILES string of the molecule is CNc1ncnc(OCCCC(F)(F)F)c1Br. The summed E-state index contributed by atoms with van der Waals surface area (Å²) in [6.07, 6.45) is -3.85. The van der Waals surface area contributed by atoms with Crippen LogP contribution in [0.4, 0.5) is 19.0 Å². The third kappa shape index (κ3) is 4.76. The first kappa shape index (κ1) is 14.0. The van der Waals surface area contributed by atoms with Gasteiger partial charge in [-0.2, -0.15) is 13.2 Å². The number of nitrogens with zero attached hydrogens (tertiary/aromatic N) is 2. The van der Waals surface area contributed by atoms with Gasteiger partial charge in [-0.15, -0.1) is 0 Å². The fourth-order valence-electron chi connectivity index (χ4n) is 1.07. The van der Waals surface area contributed by atoms with Gasteiger partial charge in [0, 0.05) is 13.5 Å². The molecule has 0 radical (unpaired) electrons. The highest BCUT2D eigenvalue weighted by Gasteiger charge is 2.26. The third-order valence-electron chi connectivity index (χ3n) is 1.84. The molecule has 0 fully saturated rings. The summed E-state index contributed by atoms with van der Waals surface area (Å²) in [5, 5.41) is 2.79. The molecule has 1 N–H and O–H groups in total. The summed E-state index contributed by atoms with van der Waals surface area (Å²) >= 11 is 3.20. The van der Waals surface area contributed by atoms with E-state index in [0.717, 1.165) is 0 Å². The zero-order valence-electron chi connectivity index (χ0n) is 9.01. The van der Waals surface area contributed by atoms with Gasteiger partial charge in [-0.05, 0) is 22.4 Å². The zero-order valence-corrected chi connectivity index (χ0v) is 10.6. The number of anilines is 1. The van der Waals surface area contributed by atoms with Crippen LogP contribution in [0.2, 0.25) is 0 Å². The molecule has 0 amide bonds. The van der Waals surface area contributed by atoms with Crippen LogP contribution in [0.15, 0.2) is 10.8 Å². The molecule has 0 aromatic carbocycles. The van der Waals surface area contributed by atoms with Crippen molar-refractivity contribution >= 4 is 21.7 Å². The lowest BCUT2D eigenvalue weighted by atomic mass is 10.3. The Bertz CT molecular complexity index is 373. The van der Waals surface area contributed by atoms with E-state index in [1.54, 1.807) is 7.05 Å². The second kappa shape index (κ2) is 6.04. The quantitative estimate of drug-likeness (QED) is 0.849. The number of hydrogen-bond acceptors (Lipinski definition) is 4. The molecule has 4 nitrogen and oxygen atoms in total. The summed E-state index contributed by atoms with van der Waals surface area (Å²) in [7, 11) is 1.67. The molecule has 0 saturated carbocycles. The van der Waals surface area contributed by atoms with Gasteiger partial charge in [0.2, 0.25) is 5.88 Å². The minimum absolute atomic E-state index is 0.0434. The van der Waals surface area contributed by atoms with E-state index in [1.165, 1.54) is 6.33 Å². The van der Waals surface area contributed by atoms with Crippen molar-refractivity contribution < 1.29 is 17.9 Å². The molecule has 1 aromatic rings. The lowest BCUT2D eigenvalue weighted by molar-refractivity contribution is -0.136. The first-order valence-corrected chi connectivity index (χ1v) is 5.61. The average Bonchev–Trinajstić information content (AvgIpc) is 2.25. The maximum atomic E-state index is 11.9. The van der Waals surface area contributed by atoms with Crippen LogP contribution in [-0.4, -0.2) is 29.8 Å². The fourth-order valence-corrected chi connectivity index (χ4v) is 1.59.